The molecule has 148 valence electrons. The lowest BCUT2D eigenvalue weighted by atomic mass is 10.1. The summed E-state index contributed by atoms with van der Waals surface area (Å²) in [6.45, 7) is -0.936. The van der Waals surface area contributed by atoms with E-state index >= 15 is 0 Å². The third kappa shape index (κ3) is 4.72. The van der Waals surface area contributed by atoms with Crippen LogP contribution in [0.15, 0.2) is 15.8 Å². The number of aromatic nitrogens is 2. The molecule has 1 aliphatic heterocycles. The van der Waals surface area contributed by atoms with Crippen LogP contribution in [-0.2, 0) is 22.7 Å². The van der Waals surface area contributed by atoms with Crippen molar-refractivity contribution in [2.75, 3.05) is 6.61 Å². The number of hydrogen-bond acceptors (Lipinski definition) is 9. The van der Waals surface area contributed by atoms with Crippen LogP contribution in [-0.4, -0.2) is 59.4 Å². The second kappa shape index (κ2) is 7.40. The molecular formula is C9H13FN2O12P2. The zero-order valence-electron chi connectivity index (χ0n) is 12.4. The predicted molar refractivity (Wildman–Crippen MR) is 76.1 cm³/mol. The molecule has 14 nitrogen and oxygen atoms in total. The molecule has 6 N–H and O–H groups in total. The molecule has 1 aromatic rings. The number of ether oxygens (including phenoxy) is 1. The number of phosphoric ester groups is 1. The number of rotatable bonds is 6. The molecule has 1 saturated heterocycles. The van der Waals surface area contributed by atoms with Gasteiger partial charge in [-0.15, -0.1) is 0 Å². The molecule has 0 bridgehead atoms. The summed E-state index contributed by atoms with van der Waals surface area (Å²) in [5.74, 6) is -1.41. The number of nitrogens with zero attached hydrogens (tertiary/aromatic N) is 1. The van der Waals surface area contributed by atoms with E-state index in [0.717, 1.165) is 0 Å². The Morgan fingerprint density at radius 3 is 2.46 bits per heavy atom. The van der Waals surface area contributed by atoms with Gasteiger partial charge in [-0.1, -0.05) is 0 Å². The summed E-state index contributed by atoms with van der Waals surface area (Å²) in [6, 6.07) is 0. The number of H-pyrrole nitrogens is 1. The average Bonchev–Trinajstić information content (AvgIpc) is 2.76. The topological polar surface area (TPSA) is 218 Å². The van der Waals surface area contributed by atoms with E-state index in [1.807, 2.05) is 0 Å². The summed E-state index contributed by atoms with van der Waals surface area (Å²) >= 11 is 0. The van der Waals surface area contributed by atoms with Gasteiger partial charge in [0.05, 0.1) is 12.8 Å². The first-order valence-corrected chi connectivity index (χ1v) is 9.60. The summed E-state index contributed by atoms with van der Waals surface area (Å²) in [7, 11) is -10.9. The normalized spacial score (nSPS) is 28.8. The van der Waals surface area contributed by atoms with Crippen LogP contribution in [0.4, 0.5) is 4.39 Å². The SMILES string of the molecule is O=c1[nH]c(=O)n([C@@H]2O[C@H](CO)[C@@H](OP(=O)(O)OP(=O)(O)O)[C@H]2O)cc1F. The number of halogens is 1. The number of nitrogens with one attached hydrogen (secondary N) is 1. The fourth-order valence-electron chi connectivity index (χ4n) is 2.18. The quantitative estimate of drug-likeness (QED) is 0.263. The van der Waals surface area contributed by atoms with Crippen LogP contribution in [0.5, 0.6) is 0 Å². The molecule has 17 heteroatoms. The second-order valence-corrected chi connectivity index (χ2v) is 7.77. The molecule has 1 aromatic heterocycles. The number of hydrogen-bond donors (Lipinski definition) is 6. The molecule has 2 heterocycles. The second-order valence-electron chi connectivity index (χ2n) is 4.99. The Hall–Kier alpha value is -1.25. The molecule has 26 heavy (non-hydrogen) atoms. The van der Waals surface area contributed by atoms with Crippen LogP contribution in [0.1, 0.15) is 6.23 Å². The molecule has 0 saturated carbocycles. The van der Waals surface area contributed by atoms with Crippen molar-refractivity contribution in [1.82, 2.24) is 9.55 Å². The molecule has 1 aliphatic rings. The Bertz CT molecular complexity index is 878. The van der Waals surface area contributed by atoms with Gasteiger partial charge >= 0.3 is 21.3 Å². The van der Waals surface area contributed by atoms with E-state index in [4.69, 9.17) is 14.5 Å². The summed E-state index contributed by atoms with van der Waals surface area (Å²) < 4.78 is 49.0. The highest BCUT2D eigenvalue weighted by Crippen LogP contribution is 2.59. The fraction of sp³-hybridized carbons (Fsp3) is 0.556. The van der Waals surface area contributed by atoms with Gasteiger partial charge in [0.25, 0.3) is 5.56 Å². The molecule has 2 rings (SSSR count). The van der Waals surface area contributed by atoms with Crippen LogP contribution < -0.4 is 11.2 Å². The van der Waals surface area contributed by atoms with Crippen LogP contribution in [0.2, 0.25) is 0 Å². The summed E-state index contributed by atoms with van der Waals surface area (Å²) in [5, 5.41) is 19.3. The average molecular weight is 422 g/mol. The van der Waals surface area contributed by atoms with Gasteiger partial charge in [0.15, 0.2) is 6.23 Å². The van der Waals surface area contributed by atoms with Gasteiger partial charge in [0, 0.05) is 0 Å². The monoisotopic (exact) mass is 422 g/mol. The largest absolute Gasteiger partial charge is 0.481 e. The van der Waals surface area contributed by atoms with Crippen LogP contribution in [0.25, 0.3) is 0 Å². The highest BCUT2D eigenvalue weighted by atomic mass is 31.3. The standard InChI is InChI=1S/C9H13FN2O12P2/c10-3-1-12(9(16)11-7(3)15)8-5(14)6(4(2-13)22-8)23-26(20,21)24-25(17,18)19/h1,4-6,8,13-14H,2H2,(H,20,21)(H,11,15,16)(H2,17,18,19)/t4-,5-,6-,8-/m1/s1. The van der Waals surface area contributed by atoms with Gasteiger partial charge in [-0.25, -0.2) is 13.9 Å². The van der Waals surface area contributed by atoms with Crippen molar-refractivity contribution in [1.29, 1.82) is 0 Å². The zero-order valence-corrected chi connectivity index (χ0v) is 14.2. The number of aliphatic hydroxyl groups excluding tert-OH is 2. The first-order valence-electron chi connectivity index (χ1n) is 6.58. The summed E-state index contributed by atoms with van der Waals surface area (Å²) in [5.41, 5.74) is -2.56. The van der Waals surface area contributed by atoms with E-state index in [9.17, 15) is 38.2 Å². The van der Waals surface area contributed by atoms with Crippen molar-refractivity contribution < 1.29 is 52.0 Å². The van der Waals surface area contributed by atoms with Crippen LogP contribution in [0.3, 0.4) is 0 Å². The molecule has 5 atom stereocenters. The predicted octanol–water partition coefficient (Wildman–Crippen LogP) is -2.48. The molecule has 0 amide bonds. The van der Waals surface area contributed by atoms with Gasteiger partial charge in [0.1, 0.15) is 18.3 Å². The van der Waals surface area contributed by atoms with Crippen molar-refractivity contribution in [3.63, 3.8) is 0 Å². The molecular weight excluding hydrogens is 409 g/mol. The third-order valence-electron chi connectivity index (χ3n) is 3.15. The number of aromatic amines is 1. The van der Waals surface area contributed by atoms with E-state index in [2.05, 4.69) is 8.83 Å². The fourth-order valence-corrected chi connectivity index (χ4v) is 3.98. The Morgan fingerprint density at radius 2 is 1.92 bits per heavy atom. The van der Waals surface area contributed by atoms with E-state index in [-0.39, 0.29) is 0 Å². The minimum Gasteiger partial charge on any atom is -0.394 e. The van der Waals surface area contributed by atoms with Crippen LogP contribution >= 0.6 is 15.6 Å². The lowest BCUT2D eigenvalue weighted by Gasteiger charge is -2.22. The van der Waals surface area contributed by atoms with Gasteiger partial charge in [0.2, 0.25) is 5.82 Å². The van der Waals surface area contributed by atoms with Crippen LogP contribution in [0, 0.1) is 5.82 Å². The lowest BCUT2D eigenvalue weighted by molar-refractivity contribution is -0.0553. The molecule has 1 unspecified atom stereocenters. The number of phosphoric acid groups is 2. The Balaban J connectivity index is 2.32. The van der Waals surface area contributed by atoms with Crippen molar-refractivity contribution in [3.8, 4) is 0 Å². The van der Waals surface area contributed by atoms with E-state index in [1.165, 1.54) is 0 Å². The van der Waals surface area contributed by atoms with Gasteiger partial charge in [-0.05, 0) is 0 Å². The van der Waals surface area contributed by atoms with Gasteiger partial charge in [-0.2, -0.15) is 8.70 Å². The van der Waals surface area contributed by atoms with Crippen molar-refractivity contribution in [3.05, 3.63) is 32.9 Å². The van der Waals surface area contributed by atoms with Crippen molar-refractivity contribution in [2.24, 2.45) is 0 Å². The minimum atomic E-state index is -5.45. The minimum absolute atomic E-state index is 0.385. The van der Waals surface area contributed by atoms with Gasteiger partial charge < -0.3 is 29.6 Å². The smallest absolute Gasteiger partial charge is 0.394 e. The van der Waals surface area contributed by atoms with Crippen molar-refractivity contribution >= 4 is 15.6 Å². The first kappa shape index (κ1) is 21.1. The Morgan fingerprint density at radius 1 is 1.31 bits per heavy atom. The van der Waals surface area contributed by atoms with E-state index in [0.29, 0.717) is 10.8 Å². The molecule has 0 aliphatic carbocycles. The van der Waals surface area contributed by atoms with Gasteiger partial charge in [-0.3, -0.25) is 18.9 Å². The Labute approximate surface area is 142 Å². The van der Waals surface area contributed by atoms with E-state index in [1.54, 1.807) is 4.98 Å². The summed E-state index contributed by atoms with van der Waals surface area (Å²) in [6.07, 6.45) is -6.87. The highest BCUT2D eigenvalue weighted by Gasteiger charge is 2.50. The maximum atomic E-state index is 13.4. The summed E-state index contributed by atoms with van der Waals surface area (Å²) in [4.78, 5) is 50.7. The van der Waals surface area contributed by atoms with Crippen molar-refractivity contribution in [2.45, 2.75) is 24.5 Å². The highest BCUT2D eigenvalue weighted by molar-refractivity contribution is 7.60. The lowest BCUT2D eigenvalue weighted by Crippen LogP contribution is -2.39. The first-order chi connectivity index (χ1) is 11.8. The molecule has 0 spiro atoms. The molecule has 1 fully saturated rings. The Kier molecular flexibility index (Phi) is 5.99. The third-order valence-corrected chi connectivity index (χ3v) is 5.34. The zero-order chi connectivity index (χ0) is 19.9. The molecule has 0 aromatic carbocycles. The van der Waals surface area contributed by atoms with E-state index < -0.39 is 63.9 Å². The number of aliphatic hydroxyl groups is 2. The maximum Gasteiger partial charge on any atom is 0.481 e. The maximum absolute atomic E-state index is 13.4. The molecule has 0 radical (unpaired) electrons.